The van der Waals surface area contributed by atoms with Crippen LogP contribution in [-0.4, -0.2) is 17.1 Å². The Labute approximate surface area is 135 Å². The Hall–Kier alpha value is -2.20. The third-order valence-corrected chi connectivity index (χ3v) is 4.40. The Morgan fingerprint density at radius 2 is 1.70 bits per heavy atom. The van der Waals surface area contributed by atoms with Crippen molar-refractivity contribution in [2.24, 2.45) is 5.92 Å². The van der Waals surface area contributed by atoms with E-state index in [1.54, 1.807) is 12.1 Å². The maximum atomic E-state index is 13.2. The molecule has 3 atom stereocenters. The third-order valence-electron chi connectivity index (χ3n) is 4.40. The van der Waals surface area contributed by atoms with Crippen molar-refractivity contribution in [3.8, 4) is 0 Å². The molecule has 1 aliphatic carbocycles. The molecular formula is C19H20FNO2. The first-order chi connectivity index (χ1) is 11.1. The van der Waals surface area contributed by atoms with E-state index in [1.165, 1.54) is 12.1 Å². The van der Waals surface area contributed by atoms with Gasteiger partial charge in [0.15, 0.2) is 0 Å². The smallest absolute Gasteiger partial charge is 0.223 e. The molecule has 3 rings (SSSR count). The molecule has 0 bridgehead atoms. The number of nitrogens with one attached hydrogen (secondary N) is 1. The van der Waals surface area contributed by atoms with Crippen molar-refractivity contribution in [1.29, 1.82) is 0 Å². The van der Waals surface area contributed by atoms with Crippen molar-refractivity contribution in [3.05, 3.63) is 71.5 Å². The first kappa shape index (κ1) is 15.7. The molecular weight excluding hydrogens is 293 g/mol. The fourth-order valence-electron chi connectivity index (χ4n) is 3.12. The monoisotopic (exact) mass is 313 g/mol. The first-order valence-electron chi connectivity index (χ1n) is 7.92. The standard InChI is InChI=1S/C19H20FNO2/c20-16-9-6-14(7-10-16)18(13-4-2-1-3-5-13)21-19(23)15-8-11-17(22)12-15/h1-7,9-10,15,17-18,22H,8,11-12H2,(H,21,23)/t15-,17-,18+/m1/s1. The number of hydrogen-bond donors (Lipinski definition) is 2. The third kappa shape index (κ3) is 3.77. The molecule has 23 heavy (non-hydrogen) atoms. The molecule has 0 unspecified atom stereocenters. The average molecular weight is 313 g/mol. The minimum absolute atomic E-state index is 0.0558. The first-order valence-corrected chi connectivity index (χ1v) is 7.92. The maximum Gasteiger partial charge on any atom is 0.223 e. The molecule has 1 aliphatic rings. The number of hydrogen-bond acceptors (Lipinski definition) is 2. The van der Waals surface area contributed by atoms with Gasteiger partial charge in [0.2, 0.25) is 5.91 Å². The van der Waals surface area contributed by atoms with Gasteiger partial charge in [0.1, 0.15) is 5.82 Å². The van der Waals surface area contributed by atoms with Gasteiger partial charge in [-0.1, -0.05) is 42.5 Å². The normalized spacial score (nSPS) is 21.8. The summed E-state index contributed by atoms with van der Waals surface area (Å²) in [6.07, 6.45) is 1.51. The fraction of sp³-hybridized carbons (Fsp3) is 0.316. The van der Waals surface area contributed by atoms with Crippen LogP contribution in [0.25, 0.3) is 0 Å². The molecule has 4 heteroatoms. The van der Waals surface area contributed by atoms with Gasteiger partial charge in [0.05, 0.1) is 12.1 Å². The lowest BCUT2D eigenvalue weighted by atomic mass is 9.97. The summed E-state index contributed by atoms with van der Waals surface area (Å²) in [6.45, 7) is 0. The van der Waals surface area contributed by atoms with E-state index >= 15 is 0 Å². The van der Waals surface area contributed by atoms with Crippen molar-refractivity contribution in [2.75, 3.05) is 0 Å². The van der Waals surface area contributed by atoms with E-state index in [1.807, 2.05) is 30.3 Å². The van der Waals surface area contributed by atoms with Crippen LogP contribution in [0.2, 0.25) is 0 Å². The fourth-order valence-corrected chi connectivity index (χ4v) is 3.12. The molecule has 1 saturated carbocycles. The van der Waals surface area contributed by atoms with E-state index in [0.717, 1.165) is 11.1 Å². The second-order valence-electron chi connectivity index (χ2n) is 6.07. The molecule has 1 fully saturated rings. The molecule has 1 amide bonds. The summed E-state index contributed by atoms with van der Waals surface area (Å²) < 4.78 is 13.2. The van der Waals surface area contributed by atoms with Gasteiger partial charge in [-0.3, -0.25) is 4.79 Å². The molecule has 0 spiro atoms. The van der Waals surface area contributed by atoms with Crippen LogP contribution in [0.5, 0.6) is 0 Å². The van der Waals surface area contributed by atoms with Crippen LogP contribution in [0, 0.1) is 11.7 Å². The van der Waals surface area contributed by atoms with Crippen molar-refractivity contribution in [3.63, 3.8) is 0 Å². The lowest BCUT2D eigenvalue weighted by Gasteiger charge is -2.22. The largest absolute Gasteiger partial charge is 0.393 e. The quantitative estimate of drug-likeness (QED) is 0.911. The molecule has 0 saturated heterocycles. The maximum absolute atomic E-state index is 13.2. The number of benzene rings is 2. The van der Waals surface area contributed by atoms with Crippen molar-refractivity contribution >= 4 is 5.91 Å². The molecule has 2 aromatic rings. The number of amides is 1. The number of carbonyl (C=O) groups excluding carboxylic acids is 1. The van der Waals surface area contributed by atoms with Gasteiger partial charge in [-0.15, -0.1) is 0 Å². The minimum atomic E-state index is -0.383. The zero-order chi connectivity index (χ0) is 16.2. The zero-order valence-corrected chi connectivity index (χ0v) is 12.8. The lowest BCUT2D eigenvalue weighted by Crippen LogP contribution is -2.34. The van der Waals surface area contributed by atoms with Gasteiger partial charge in [-0.05, 0) is 42.5 Å². The molecule has 0 heterocycles. The van der Waals surface area contributed by atoms with Crippen molar-refractivity contribution < 1.29 is 14.3 Å². The highest BCUT2D eigenvalue weighted by molar-refractivity contribution is 5.80. The summed E-state index contributed by atoms with van der Waals surface area (Å²) >= 11 is 0. The Balaban J connectivity index is 1.83. The molecule has 0 aromatic heterocycles. The predicted molar refractivity (Wildman–Crippen MR) is 86.2 cm³/mol. The summed E-state index contributed by atoms with van der Waals surface area (Å²) in [4.78, 5) is 12.5. The number of rotatable bonds is 4. The van der Waals surface area contributed by atoms with E-state index in [2.05, 4.69) is 5.32 Å². The van der Waals surface area contributed by atoms with Crippen LogP contribution in [-0.2, 0) is 4.79 Å². The Kier molecular flexibility index (Phi) is 4.72. The summed E-state index contributed by atoms with van der Waals surface area (Å²) in [5.41, 5.74) is 1.79. The van der Waals surface area contributed by atoms with Crippen LogP contribution < -0.4 is 5.32 Å². The van der Waals surface area contributed by atoms with Gasteiger partial charge < -0.3 is 10.4 Å². The highest BCUT2D eigenvalue weighted by atomic mass is 19.1. The lowest BCUT2D eigenvalue weighted by molar-refractivity contribution is -0.125. The summed E-state index contributed by atoms with van der Waals surface area (Å²) in [6, 6.07) is 15.5. The number of aliphatic hydroxyl groups is 1. The van der Waals surface area contributed by atoms with E-state index in [-0.39, 0.29) is 29.8 Å². The Bertz CT molecular complexity index is 657. The van der Waals surface area contributed by atoms with Crippen LogP contribution >= 0.6 is 0 Å². The predicted octanol–water partition coefficient (Wildman–Crippen LogP) is 3.19. The summed E-state index contributed by atoms with van der Waals surface area (Å²) in [5, 5.41) is 12.7. The summed E-state index contributed by atoms with van der Waals surface area (Å²) in [7, 11) is 0. The molecule has 0 aliphatic heterocycles. The van der Waals surface area contributed by atoms with Gasteiger partial charge in [0, 0.05) is 5.92 Å². The summed E-state index contributed by atoms with van der Waals surface area (Å²) in [5.74, 6) is -0.512. The minimum Gasteiger partial charge on any atom is -0.393 e. The van der Waals surface area contributed by atoms with Gasteiger partial charge in [-0.25, -0.2) is 4.39 Å². The molecule has 120 valence electrons. The van der Waals surface area contributed by atoms with Crippen LogP contribution in [0.4, 0.5) is 4.39 Å². The van der Waals surface area contributed by atoms with Gasteiger partial charge in [-0.2, -0.15) is 0 Å². The number of aliphatic hydroxyl groups excluding tert-OH is 1. The highest BCUT2D eigenvalue weighted by Gasteiger charge is 2.30. The molecule has 0 radical (unpaired) electrons. The Morgan fingerprint density at radius 1 is 1.04 bits per heavy atom. The second kappa shape index (κ2) is 6.92. The zero-order valence-electron chi connectivity index (χ0n) is 12.8. The van der Waals surface area contributed by atoms with Crippen LogP contribution in [0.15, 0.2) is 54.6 Å². The van der Waals surface area contributed by atoms with E-state index in [4.69, 9.17) is 0 Å². The van der Waals surface area contributed by atoms with E-state index in [0.29, 0.717) is 19.3 Å². The number of carbonyl (C=O) groups is 1. The van der Waals surface area contributed by atoms with E-state index < -0.39 is 0 Å². The van der Waals surface area contributed by atoms with Gasteiger partial charge in [0.25, 0.3) is 0 Å². The molecule has 2 N–H and O–H groups in total. The van der Waals surface area contributed by atoms with Crippen LogP contribution in [0.3, 0.4) is 0 Å². The van der Waals surface area contributed by atoms with Crippen molar-refractivity contribution in [1.82, 2.24) is 5.32 Å². The molecule has 3 nitrogen and oxygen atoms in total. The highest BCUT2D eigenvalue weighted by Crippen LogP contribution is 2.28. The second-order valence-corrected chi connectivity index (χ2v) is 6.07. The van der Waals surface area contributed by atoms with Gasteiger partial charge >= 0.3 is 0 Å². The average Bonchev–Trinajstić information content (AvgIpc) is 3.01. The van der Waals surface area contributed by atoms with Crippen LogP contribution in [0.1, 0.15) is 36.4 Å². The molecule has 2 aromatic carbocycles. The SMILES string of the molecule is O=C(N[C@@H](c1ccccc1)c1ccc(F)cc1)[C@@H]1CC[C@@H](O)C1. The van der Waals surface area contributed by atoms with Crippen molar-refractivity contribution in [2.45, 2.75) is 31.4 Å². The Morgan fingerprint density at radius 3 is 2.30 bits per heavy atom. The number of halogens is 1. The topological polar surface area (TPSA) is 49.3 Å². The van der Waals surface area contributed by atoms with E-state index in [9.17, 15) is 14.3 Å².